The van der Waals surface area contributed by atoms with Gasteiger partial charge in [0.25, 0.3) is 0 Å². The molecule has 0 spiro atoms. The van der Waals surface area contributed by atoms with E-state index in [1.54, 1.807) is 6.20 Å². The highest BCUT2D eigenvalue weighted by atomic mass is 127. The largest absolute Gasteiger partial charge is 0.357 e. The zero-order valence-electron chi connectivity index (χ0n) is 17.9. The quantitative estimate of drug-likeness (QED) is 0.303. The lowest BCUT2D eigenvalue weighted by molar-refractivity contribution is 0.413. The first kappa shape index (κ1) is 24.8. The molecule has 3 atom stereocenters. The minimum Gasteiger partial charge on any atom is -0.357 e. The van der Waals surface area contributed by atoms with E-state index in [2.05, 4.69) is 51.4 Å². The van der Waals surface area contributed by atoms with E-state index in [1.165, 1.54) is 11.1 Å². The molecular formula is C22H34IN5OS. The number of benzene rings is 1. The average Bonchev–Trinajstić information content (AvgIpc) is 3.26. The fourth-order valence-corrected chi connectivity index (χ4v) is 5.12. The molecule has 2 N–H and O–H groups in total. The number of nitrogens with one attached hydrogen (secondary N) is 2. The molecule has 1 aromatic heterocycles. The van der Waals surface area contributed by atoms with Gasteiger partial charge in [0.2, 0.25) is 0 Å². The van der Waals surface area contributed by atoms with Crippen molar-refractivity contribution in [3.8, 4) is 0 Å². The number of aromatic nitrogens is 2. The van der Waals surface area contributed by atoms with Crippen molar-refractivity contribution in [2.75, 3.05) is 12.3 Å². The van der Waals surface area contributed by atoms with Gasteiger partial charge in [-0.25, -0.2) is 9.98 Å². The fraction of sp³-hybridized carbons (Fsp3) is 0.545. The molecule has 6 nitrogen and oxygen atoms in total. The van der Waals surface area contributed by atoms with Gasteiger partial charge >= 0.3 is 0 Å². The Hall–Kier alpha value is -1.42. The van der Waals surface area contributed by atoms with Crippen LogP contribution in [0.1, 0.15) is 50.7 Å². The van der Waals surface area contributed by atoms with Crippen molar-refractivity contribution in [1.29, 1.82) is 0 Å². The first-order valence-electron chi connectivity index (χ1n) is 10.6. The number of halogens is 1. The van der Waals surface area contributed by atoms with Crippen molar-refractivity contribution < 1.29 is 4.21 Å². The lowest BCUT2D eigenvalue weighted by Crippen LogP contribution is -2.46. The molecular weight excluding hydrogens is 509 g/mol. The summed E-state index contributed by atoms with van der Waals surface area (Å²) in [5.41, 5.74) is 2.43. The summed E-state index contributed by atoms with van der Waals surface area (Å²) in [6.07, 6.45) is 9.89. The molecule has 30 heavy (non-hydrogen) atoms. The van der Waals surface area contributed by atoms with Crippen LogP contribution in [-0.4, -0.2) is 43.3 Å². The number of guanidine groups is 1. The van der Waals surface area contributed by atoms with E-state index in [0.29, 0.717) is 17.8 Å². The van der Waals surface area contributed by atoms with Gasteiger partial charge in [-0.05, 0) is 37.3 Å². The Morgan fingerprint density at radius 2 is 2.00 bits per heavy atom. The fourth-order valence-electron chi connectivity index (χ4n) is 3.78. The second kappa shape index (κ2) is 13.1. The molecule has 1 fully saturated rings. The minimum absolute atomic E-state index is 0. The van der Waals surface area contributed by atoms with Crippen molar-refractivity contribution in [2.24, 2.45) is 4.99 Å². The van der Waals surface area contributed by atoms with E-state index >= 15 is 0 Å². The topological polar surface area (TPSA) is 71.3 Å². The van der Waals surface area contributed by atoms with Gasteiger partial charge in [0, 0.05) is 53.3 Å². The Morgan fingerprint density at radius 3 is 2.67 bits per heavy atom. The Labute approximate surface area is 199 Å². The number of rotatable bonds is 8. The average molecular weight is 544 g/mol. The van der Waals surface area contributed by atoms with Gasteiger partial charge in [-0.15, -0.1) is 24.0 Å². The van der Waals surface area contributed by atoms with Crippen LogP contribution in [0.4, 0.5) is 0 Å². The predicted octanol–water partition coefficient (Wildman–Crippen LogP) is 3.68. The standard InChI is InChI=1S/C22H33N5OS.HI/c1-3-24-22(26-20-6-5-7-21(14-20)29(28)4-2)25-15-18-8-10-19(11-9-18)16-27-13-12-23-17-27;/h8-13,17,20-21H,3-7,14-16H2,1-2H3,(H2,24,25,26);1H. The Balaban J connectivity index is 0.00000320. The molecule has 0 bridgehead atoms. The Bertz CT molecular complexity index is 794. The second-order valence-electron chi connectivity index (χ2n) is 7.55. The molecule has 0 aliphatic heterocycles. The second-order valence-corrected chi connectivity index (χ2v) is 9.55. The van der Waals surface area contributed by atoms with Gasteiger partial charge < -0.3 is 15.2 Å². The molecule has 1 aromatic carbocycles. The van der Waals surface area contributed by atoms with Crippen LogP contribution >= 0.6 is 24.0 Å². The van der Waals surface area contributed by atoms with E-state index < -0.39 is 10.8 Å². The third-order valence-corrected chi connectivity index (χ3v) is 7.08. The Kier molecular flexibility index (Phi) is 10.8. The summed E-state index contributed by atoms with van der Waals surface area (Å²) in [6, 6.07) is 8.92. The number of aliphatic imine (C=N–C) groups is 1. The van der Waals surface area contributed by atoms with E-state index in [0.717, 1.165) is 50.5 Å². The van der Waals surface area contributed by atoms with Crippen LogP contribution in [0, 0.1) is 0 Å². The van der Waals surface area contributed by atoms with Gasteiger partial charge in [0.05, 0.1) is 12.9 Å². The zero-order chi connectivity index (χ0) is 20.5. The van der Waals surface area contributed by atoms with Crippen LogP contribution in [0.5, 0.6) is 0 Å². The maximum atomic E-state index is 12.2. The van der Waals surface area contributed by atoms with Gasteiger partial charge in [-0.2, -0.15) is 0 Å². The molecule has 1 aliphatic carbocycles. The van der Waals surface area contributed by atoms with Crippen molar-refractivity contribution in [3.63, 3.8) is 0 Å². The van der Waals surface area contributed by atoms with Gasteiger partial charge in [0.1, 0.15) is 0 Å². The minimum atomic E-state index is -0.707. The zero-order valence-corrected chi connectivity index (χ0v) is 21.1. The van der Waals surface area contributed by atoms with Crippen molar-refractivity contribution in [2.45, 2.75) is 63.9 Å². The molecule has 3 unspecified atom stereocenters. The van der Waals surface area contributed by atoms with Crippen molar-refractivity contribution >= 4 is 40.7 Å². The molecule has 3 rings (SSSR count). The van der Waals surface area contributed by atoms with E-state index in [1.807, 2.05) is 19.4 Å². The number of imidazole rings is 1. The molecule has 8 heteroatoms. The summed E-state index contributed by atoms with van der Waals surface area (Å²) in [7, 11) is -0.707. The van der Waals surface area contributed by atoms with Crippen LogP contribution in [0.2, 0.25) is 0 Å². The normalized spacial score (nSPS) is 20.3. The van der Waals surface area contributed by atoms with E-state index in [9.17, 15) is 4.21 Å². The van der Waals surface area contributed by atoms with E-state index in [4.69, 9.17) is 4.99 Å². The van der Waals surface area contributed by atoms with Crippen LogP contribution in [0.3, 0.4) is 0 Å². The predicted molar refractivity (Wildman–Crippen MR) is 136 cm³/mol. The highest BCUT2D eigenvalue weighted by Gasteiger charge is 2.26. The maximum absolute atomic E-state index is 12.2. The van der Waals surface area contributed by atoms with Crippen LogP contribution in [0.25, 0.3) is 0 Å². The number of hydrogen-bond donors (Lipinski definition) is 2. The van der Waals surface area contributed by atoms with Gasteiger partial charge in [-0.3, -0.25) is 4.21 Å². The lowest BCUT2D eigenvalue weighted by Gasteiger charge is -2.30. The maximum Gasteiger partial charge on any atom is 0.191 e. The van der Waals surface area contributed by atoms with Gasteiger partial charge in [-0.1, -0.05) is 37.6 Å². The number of hydrogen-bond acceptors (Lipinski definition) is 3. The number of nitrogens with zero attached hydrogens (tertiary/aromatic N) is 3. The molecule has 1 saturated carbocycles. The first-order valence-corrected chi connectivity index (χ1v) is 12.0. The molecule has 1 heterocycles. The summed E-state index contributed by atoms with van der Waals surface area (Å²) in [4.78, 5) is 8.86. The van der Waals surface area contributed by atoms with Crippen LogP contribution in [0.15, 0.2) is 48.0 Å². The summed E-state index contributed by atoms with van der Waals surface area (Å²) >= 11 is 0. The summed E-state index contributed by atoms with van der Waals surface area (Å²) < 4.78 is 14.3. The highest BCUT2D eigenvalue weighted by Crippen LogP contribution is 2.23. The van der Waals surface area contributed by atoms with Crippen LogP contribution < -0.4 is 10.6 Å². The van der Waals surface area contributed by atoms with E-state index in [-0.39, 0.29) is 24.0 Å². The lowest BCUT2D eigenvalue weighted by atomic mass is 9.95. The molecule has 1 aliphatic rings. The first-order chi connectivity index (χ1) is 14.2. The Morgan fingerprint density at radius 1 is 1.23 bits per heavy atom. The molecule has 0 saturated heterocycles. The smallest absolute Gasteiger partial charge is 0.191 e. The molecule has 166 valence electrons. The summed E-state index contributed by atoms with van der Waals surface area (Å²) in [6.45, 7) is 6.39. The molecule has 0 amide bonds. The molecule has 2 aromatic rings. The van der Waals surface area contributed by atoms with Crippen molar-refractivity contribution in [3.05, 3.63) is 54.1 Å². The van der Waals surface area contributed by atoms with Crippen molar-refractivity contribution in [1.82, 2.24) is 20.2 Å². The highest BCUT2D eigenvalue weighted by molar-refractivity contribution is 14.0. The summed E-state index contributed by atoms with van der Waals surface area (Å²) in [5, 5.41) is 7.24. The summed E-state index contributed by atoms with van der Waals surface area (Å²) in [5.74, 6) is 1.60. The molecule has 0 radical (unpaired) electrons. The SMILES string of the molecule is CCNC(=NCc1ccc(Cn2ccnc2)cc1)NC1CCCC(S(=O)CC)C1.I. The monoisotopic (exact) mass is 543 g/mol. The van der Waals surface area contributed by atoms with Gasteiger partial charge in [0.15, 0.2) is 5.96 Å². The third kappa shape index (κ3) is 7.68. The van der Waals surface area contributed by atoms with Crippen LogP contribution in [-0.2, 0) is 23.9 Å². The third-order valence-electron chi connectivity index (χ3n) is 5.33.